The minimum absolute atomic E-state index is 0.0200. The van der Waals surface area contributed by atoms with E-state index in [1.807, 2.05) is 29.2 Å². The van der Waals surface area contributed by atoms with E-state index in [9.17, 15) is 9.18 Å². The minimum atomic E-state index is -0.461. The van der Waals surface area contributed by atoms with Crippen molar-refractivity contribution < 1.29 is 14.0 Å². The van der Waals surface area contributed by atoms with Crippen LogP contribution in [0, 0.1) is 5.82 Å². The number of oxime groups is 1. The van der Waals surface area contributed by atoms with Gasteiger partial charge in [-0.3, -0.25) is 4.79 Å². The predicted octanol–water partition coefficient (Wildman–Crippen LogP) is 8.05. The van der Waals surface area contributed by atoms with Gasteiger partial charge in [-0.15, -0.1) is 0 Å². The predicted molar refractivity (Wildman–Crippen MR) is 156 cm³/mol. The van der Waals surface area contributed by atoms with Crippen molar-refractivity contribution in [1.82, 2.24) is 4.90 Å². The van der Waals surface area contributed by atoms with Gasteiger partial charge in [-0.05, 0) is 51.9 Å². The van der Waals surface area contributed by atoms with Crippen molar-refractivity contribution in [3.63, 3.8) is 0 Å². The van der Waals surface area contributed by atoms with Crippen LogP contribution in [0.5, 0.6) is 0 Å². The van der Waals surface area contributed by atoms with E-state index in [-0.39, 0.29) is 17.1 Å². The van der Waals surface area contributed by atoms with Crippen LogP contribution in [0.2, 0.25) is 10.0 Å². The number of nitrogens with zero attached hydrogens (tertiary/aromatic N) is 2. The molecule has 0 aliphatic carbocycles. The average Bonchev–Trinajstić information content (AvgIpc) is 3.32. The van der Waals surface area contributed by atoms with Gasteiger partial charge in [0, 0.05) is 44.0 Å². The molecule has 2 aliphatic heterocycles. The normalized spacial score (nSPS) is 17.2. The number of hydrogen-bond donors (Lipinski definition) is 0. The van der Waals surface area contributed by atoms with Crippen LogP contribution in [0.1, 0.15) is 62.3 Å². The summed E-state index contributed by atoms with van der Waals surface area (Å²) in [6.07, 6.45) is 3.59. The van der Waals surface area contributed by atoms with E-state index < -0.39 is 5.60 Å². The standard InChI is InChI=1S/C32H31Cl2FN2O2/c1-31(2,3)24-10-7-21(8-11-24)26(22-9-12-27(33)28(34)18-22)19-30(38)37-15-13-32(14-16-37)20-29(36-39-32)23-5-4-6-25(35)17-23/h4-12,17-19H,13-16,20H2,1-3H3. The molecule has 2 heterocycles. The Labute approximate surface area is 239 Å². The van der Waals surface area contributed by atoms with Gasteiger partial charge in [0.15, 0.2) is 0 Å². The van der Waals surface area contributed by atoms with Crippen LogP contribution in [0.4, 0.5) is 4.39 Å². The van der Waals surface area contributed by atoms with Gasteiger partial charge in [-0.2, -0.15) is 0 Å². The van der Waals surface area contributed by atoms with E-state index in [1.54, 1.807) is 24.3 Å². The zero-order valence-corrected chi connectivity index (χ0v) is 23.8. The van der Waals surface area contributed by atoms with Crippen molar-refractivity contribution >= 4 is 40.4 Å². The summed E-state index contributed by atoms with van der Waals surface area (Å²) in [5, 5.41) is 5.17. The van der Waals surface area contributed by atoms with E-state index in [2.05, 4.69) is 38.1 Å². The first-order valence-corrected chi connectivity index (χ1v) is 13.9. The maximum absolute atomic E-state index is 13.7. The van der Waals surface area contributed by atoms with Crippen molar-refractivity contribution in [3.05, 3.63) is 111 Å². The number of carbonyl (C=O) groups is 1. The van der Waals surface area contributed by atoms with Crippen molar-refractivity contribution in [2.45, 2.75) is 51.0 Å². The highest BCUT2D eigenvalue weighted by Crippen LogP contribution is 2.37. The van der Waals surface area contributed by atoms with Gasteiger partial charge in [0.25, 0.3) is 0 Å². The molecule has 5 rings (SSSR count). The van der Waals surface area contributed by atoms with Gasteiger partial charge in [-0.25, -0.2) is 4.39 Å². The molecular formula is C32H31Cl2FN2O2. The molecule has 0 unspecified atom stereocenters. The highest BCUT2D eigenvalue weighted by atomic mass is 35.5. The highest BCUT2D eigenvalue weighted by Gasteiger charge is 2.43. The number of benzene rings is 3. The zero-order chi connectivity index (χ0) is 27.8. The Morgan fingerprint density at radius 2 is 1.67 bits per heavy atom. The van der Waals surface area contributed by atoms with Crippen LogP contribution in [-0.2, 0) is 15.0 Å². The second-order valence-corrected chi connectivity index (χ2v) is 12.2. The number of amides is 1. The van der Waals surface area contributed by atoms with Gasteiger partial charge >= 0.3 is 0 Å². The van der Waals surface area contributed by atoms with Gasteiger partial charge in [0.1, 0.15) is 11.4 Å². The lowest BCUT2D eigenvalue weighted by molar-refractivity contribution is -0.131. The van der Waals surface area contributed by atoms with E-state index in [1.165, 1.54) is 17.7 Å². The quantitative estimate of drug-likeness (QED) is 0.301. The summed E-state index contributed by atoms with van der Waals surface area (Å²) in [6, 6.07) is 20.1. The first kappa shape index (κ1) is 27.4. The largest absolute Gasteiger partial charge is 0.388 e. The van der Waals surface area contributed by atoms with E-state index in [0.29, 0.717) is 42.4 Å². The first-order chi connectivity index (χ1) is 18.5. The molecule has 3 aromatic carbocycles. The summed E-state index contributed by atoms with van der Waals surface area (Å²) in [6.45, 7) is 7.59. The summed E-state index contributed by atoms with van der Waals surface area (Å²) in [5.74, 6) is -0.371. The van der Waals surface area contributed by atoms with Crippen LogP contribution in [0.3, 0.4) is 0 Å². The van der Waals surface area contributed by atoms with Crippen LogP contribution in [0.25, 0.3) is 5.57 Å². The van der Waals surface area contributed by atoms with E-state index in [4.69, 9.17) is 28.0 Å². The number of likely N-dealkylation sites (tertiary alicyclic amines) is 1. The summed E-state index contributed by atoms with van der Waals surface area (Å²) >= 11 is 12.5. The Morgan fingerprint density at radius 3 is 2.31 bits per heavy atom. The van der Waals surface area contributed by atoms with Crippen LogP contribution < -0.4 is 0 Å². The molecule has 0 N–H and O–H groups in total. The molecule has 39 heavy (non-hydrogen) atoms. The Morgan fingerprint density at radius 1 is 0.974 bits per heavy atom. The smallest absolute Gasteiger partial charge is 0.247 e. The Balaban J connectivity index is 1.34. The van der Waals surface area contributed by atoms with Gasteiger partial charge in [-0.1, -0.05) is 91.6 Å². The summed E-state index contributed by atoms with van der Waals surface area (Å²) in [7, 11) is 0. The molecule has 1 fully saturated rings. The Hall–Kier alpha value is -3.15. The third-order valence-corrected chi connectivity index (χ3v) is 8.28. The van der Waals surface area contributed by atoms with Gasteiger partial charge in [0.05, 0.1) is 15.8 Å². The molecule has 3 aromatic rings. The SMILES string of the molecule is CC(C)(C)c1ccc(C(=CC(=O)N2CCC3(CC2)CC(c2cccc(F)c2)=NO3)c2ccc(Cl)c(Cl)c2)cc1. The Kier molecular flexibility index (Phi) is 7.58. The molecular weight excluding hydrogens is 534 g/mol. The maximum atomic E-state index is 13.7. The minimum Gasteiger partial charge on any atom is -0.388 e. The number of carbonyl (C=O) groups excluding carboxylic acids is 1. The number of rotatable bonds is 4. The summed E-state index contributed by atoms with van der Waals surface area (Å²) in [5.41, 5.74) is 4.78. The van der Waals surface area contributed by atoms with E-state index in [0.717, 1.165) is 28.0 Å². The molecule has 0 radical (unpaired) electrons. The monoisotopic (exact) mass is 564 g/mol. The summed E-state index contributed by atoms with van der Waals surface area (Å²) < 4.78 is 13.7. The van der Waals surface area contributed by atoms with Crippen LogP contribution in [-0.4, -0.2) is 35.2 Å². The van der Waals surface area contributed by atoms with E-state index >= 15 is 0 Å². The number of halogens is 3. The molecule has 0 aromatic heterocycles. The third kappa shape index (κ3) is 6.05. The lowest BCUT2D eigenvalue weighted by Crippen LogP contribution is -2.46. The molecule has 0 bridgehead atoms. The van der Waals surface area contributed by atoms with Crippen molar-refractivity contribution in [2.75, 3.05) is 13.1 Å². The average molecular weight is 566 g/mol. The third-order valence-electron chi connectivity index (χ3n) is 7.54. The molecule has 1 saturated heterocycles. The van der Waals surface area contributed by atoms with Gasteiger partial charge < -0.3 is 9.74 Å². The lowest BCUT2D eigenvalue weighted by Gasteiger charge is -2.37. The van der Waals surface area contributed by atoms with Crippen molar-refractivity contribution in [3.8, 4) is 0 Å². The fraction of sp³-hybridized carbons (Fsp3) is 0.312. The zero-order valence-electron chi connectivity index (χ0n) is 22.3. The second-order valence-electron chi connectivity index (χ2n) is 11.3. The molecule has 1 spiro atoms. The number of piperidine rings is 1. The summed E-state index contributed by atoms with van der Waals surface area (Å²) in [4.78, 5) is 21.3. The molecule has 2 aliphatic rings. The lowest BCUT2D eigenvalue weighted by atomic mass is 9.85. The van der Waals surface area contributed by atoms with Crippen LogP contribution >= 0.6 is 23.2 Å². The van der Waals surface area contributed by atoms with Gasteiger partial charge in [0.2, 0.25) is 5.91 Å². The molecule has 0 atom stereocenters. The Bertz CT molecular complexity index is 1450. The highest BCUT2D eigenvalue weighted by molar-refractivity contribution is 6.42. The molecule has 4 nitrogen and oxygen atoms in total. The first-order valence-electron chi connectivity index (χ1n) is 13.1. The van der Waals surface area contributed by atoms with Crippen molar-refractivity contribution in [2.24, 2.45) is 5.16 Å². The molecule has 0 saturated carbocycles. The maximum Gasteiger partial charge on any atom is 0.247 e. The second kappa shape index (κ2) is 10.8. The topological polar surface area (TPSA) is 41.9 Å². The molecule has 1 amide bonds. The van der Waals surface area contributed by atoms with Crippen molar-refractivity contribution in [1.29, 1.82) is 0 Å². The molecule has 202 valence electrons. The fourth-order valence-corrected chi connectivity index (χ4v) is 5.41. The number of hydrogen-bond acceptors (Lipinski definition) is 3. The van der Waals surface area contributed by atoms with Crippen LogP contribution in [0.15, 0.2) is 78.0 Å². The fourth-order valence-electron chi connectivity index (χ4n) is 5.11. The molecule has 7 heteroatoms.